The van der Waals surface area contributed by atoms with Gasteiger partial charge >= 0.3 is 0 Å². The number of likely N-dealkylation sites (N-methyl/N-ethyl adjacent to an activating group) is 1. The number of rotatable bonds is 3. The molecule has 0 spiro atoms. The highest BCUT2D eigenvalue weighted by Gasteiger charge is 2.21. The van der Waals surface area contributed by atoms with E-state index in [0.29, 0.717) is 6.61 Å². The zero-order chi connectivity index (χ0) is 13.2. The Bertz CT molecular complexity index is 450. The molecular formula is C15H22N2O2. The third-order valence-electron chi connectivity index (χ3n) is 4.02. The number of ether oxygens (including phenoxy) is 2. The van der Waals surface area contributed by atoms with Crippen LogP contribution in [0.2, 0.25) is 0 Å². The van der Waals surface area contributed by atoms with Crippen molar-refractivity contribution in [2.24, 2.45) is 5.73 Å². The number of nitrogens with zero attached hydrogens (tertiary/aromatic N) is 1. The summed E-state index contributed by atoms with van der Waals surface area (Å²) >= 11 is 0. The summed E-state index contributed by atoms with van der Waals surface area (Å²) in [5.74, 6) is 0.935. The summed E-state index contributed by atoms with van der Waals surface area (Å²) < 4.78 is 11.6. The van der Waals surface area contributed by atoms with Gasteiger partial charge in [-0.15, -0.1) is 0 Å². The molecule has 1 heterocycles. The molecule has 1 fully saturated rings. The SMILES string of the molecule is CN1CCOC(COc2ccc3c(c2)CCC3N)C1. The van der Waals surface area contributed by atoms with E-state index in [-0.39, 0.29) is 12.1 Å². The Morgan fingerprint density at radius 2 is 2.37 bits per heavy atom. The van der Waals surface area contributed by atoms with Crippen LogP contribution in [-0.2, 0) is 11.2 Å². The predicted octanol–water partition coefficient (Wildman–Crippen LogP) is 1.34. The van der Waals surface area contributed by atoms with Gasteiger partial charge in [0.1, 0.15) is 18.5 Å². The van der Waals surface area contributed by atoms with Gasteiger partial charge in [0.15, 0.2) is 0 Å². The standard InChI is InChI=1S/C15H22N2O2/c1-17-6-7-18-13(9-17)10-19-12-3-4-14-11(8-12)2-5-15(14)16/h3-4,8,13,15H,2,5-7,9-10,16H2,1H3. The van der Waals surface area contributed by atoms with E-state index in [1.807, 2.05) is 6.07 Å². The van der Waals surface area contributed by atoms with Crippen LogP contribution in [0.5, 0.6) is 5.75 Å². The van der Waals surface area contributed by atoms with E-state index in [9.17, 15) is 0 Å². The molecule has 2 atom stereocenters. The summed E-state index contributed by atoms with van der Waals surface area (Å²) in [5, 5.41) is 0. The molecule has 19 heavy (non-hydrogen) atoms. The third kappa shape index (κ3) is 2.91. The molecule has 2 unspecified atom stereocenters. The molecule has 3 rings (SSSR count). The average molecular weight is 262 g/mol. The molecule has 1 aromatic carbocycles. The number of benzene rings is 1. The molecule has 1 aliphatic carbocycles. The monoisotopic (exact) mass is 262 g/mol. The third-order valence-corrected chi connectivity index (χ3v) is 4.02. The molecule has 0 radical (unpaired) electrons. The lowest BCUT2D eigenvalue weighted by atomic mass is 10.1. The van der Waals surface area contributed by atoms with Crippen molar-refractivity contribution < 1.29 is 9.47 Å². The molecule has 1 aliphatic heterocycles. The maximum atomic E-state index is 6.04. The maximum absolute atomic E-state index is 6.04. The van der Waals surface area contributed by atoms with E-state index in [2.05, 4.69) is 24.1 Å². The fourth-order valence-electron chi connectivity index (χ4n) is 2.87. The minimum absolute atomic E-state index is 0.175. The molecule has 0 saturated carbocycles. The zero-order valence-corrected chi connectivity index (χ0v) is 11.5. The van der Waals surface area contributed by atoms with Crippen LogP contribution in [0.4, 0.5) is 0 Å². The molecule has 2 N–H and O–H groups in total. The van der Waals surface area contributed by atoms with Crippen LogP contribution >= 0.6 is 0 Å². The van der Waals surface area contributed by atoms with E-state index in [1.165, 1.54) is 11.1 Å². The Labute approximate surface area is 114 Å². The fraction of sp³-hybridized carbons (Fsp3) is 0.600. The number of hydrogen-bond donors (Lipinski definition) is 1. The summed E-state index contributed by atoms with van der Waals surface area (Å²) in [4.78, 5) is 2.28. The second-order valence-corrected chi connectivity index (χ2v) is 5.57. The normalized spacial score (nSPS) is 27.3. The van der Waals surface area contributed by atoms with Crippen molar-refractivity contribution in [3.05, 3.63) is 29.3 Å². The van der Waals surface area contributed by atoms with Gasteiger partial charge in [-0.25, -0.2) is 0 Å². The van der Waals surface area contributed by atoms with Crippen LogP contribution in [0.1, 0.15) is 23.6 Å². The average Bonchev–Trinajstić information content (AvgIpc) is 2.78. The molecule has 0 bridgehead atoms. The van der Waals surface area contributed by atoms with Gasteiger partial charge in [0.2, 0.25) is 0 Å². The number of aryl methyl sites for hydroxylation is 1. The van der Waals surface area contributed by atoms with Crippen LogP contribution < -0.4 is 10.5 Å². The summed E-state index contributed by atoms with van der Waals surface area (Å²) in [6, 6.07) is 6.47. The molecule has 4 nitrogen and oxygen atoms in total. The smallest absolute Gasteiger partial charge is 0.119 e. The first kappa shape index (κ1) is 12.9. The van der Waals surface area contributed by atoms with Gasteiger partial charge < -0.3 is 20.1 Å². The highest BCUT2D eigenvalue weighted by Crippen LogP contribution is 2.31. The molecule has 1 saturated heterocycles. The van der Waals surface area contributed by atoms with Crippen molar-refractivity contribution in [2.75, 3.05) is 33.4 Å². The van der Waals surface area contributed by atoms with E-state index >= 15 is 0 Å². The van der Waals surface area contributed by atoms with Gasteiger partial charge in [0, 0.05) is 19.1 Å². The lowest BCUT2D eigenvalue weighted by molar-refractivity contribution is -0.0403. The first-order chi connectivity index (χ1) is 9.22. The Morgan fingerprint density at radius 3 is 3.21 bits per heavy atom. The second kappa shape index (κ2) is 5.49. The molecule has 104 valence electrons. The highest BCUT2D eigenvalue weighted by atomic mass is 16.5. The van der Waals surface area contributed by atoms with Gasteiger partial charge in [-0.05, 0) is 43.1 Å². The van der Waals surface area contributed by atoms with Crippen LogP contribution in [0.3, 0.4) is 0 Å². The summed E-state index contributed by atoms with van der Waals surface area (Å²) in [6.45, 7) is 3.36. The molecule has 0 amide bonds. The maximum Gasteiger partial charge on any atom is 0.119 e. The van der Waals surface area contributed by atoms with E-state index < -0.39 is 0 Å². The summed E-state index contributed by atoms with van der Waals surface area (Å²) in [7, 11) is 2.12. The van der Waals surface area contributed by atoms with Gasteiger partial charge in [-0.2, -0.15) is 0 Å². The molecule has 1 aromatic rings. The van der Waals surface area contributed by atoms with Crippen LogP contribution in [0.25, 0.3) is 0 Å². The Morgan fingerprint density at radius 1 is 1.47 bits per heavy atom. The first-order valence-corrected chi connectivity index (χ1v) is 7.04. The topological polar surface area (TPSA) is 47.7 Å². The molecular weight excluding hydrogens is 240 g/mol. The quantitative estimate of drug-likeness (QED) is 0.893. The van der Waals surface area contributed by atoms with E-state index in [4.69, 9.17) is 15.2 Å². The Hall–Kier alpha value is -1.10. The fourth-order valence-corrected chi connectivity index (χ4v) is 2.87. The lowest BCUT2D eigenvalue weighted by Crippen LogP contribution is -2.42. The van der Waals surface area contributed by atoms with Crippen LogP contribution in [-0.4, -0.2) is 44.4 Å². The highest BCUT2D eigenvalue weighted by molar-refractivity contribution is 5.40. The van der Waals surface area contributed by atoms with Crippen LogP contribution in [0, 0.1) is 0 Å². The molecule has 4 heteroatoms. The van der Waals surface area contributed by atoms with Crippen molar-refractivity contribution in [3.8, 4) is 5.75 Å². The predicted molar refractivity (Wildman–Crippen MR) is 74.4 cm³/mol. The zero-order valence-electron chi connectivity index (χ0n) is 11.5. The summed E-state index contributed by atoms with van der Waals surface area (Å²) in [5.41, 5.74) is 8.65. The first-order valence-electron chi connectivity index (χ1n) is 7.04. The number of fused-ring (bicyclic) bond motifs is 1. The van der Waals surface area contributed by atoms with Crippen molar-refractivity contribution in [3.63, 3.8) is 0 Å². The number of morpholine rings is 1. The van der Waals surface area contributed by atoms with Crippen LogP contribution in [0.15, 0.2) is 18.2 Å². The molecule has 2 aliphatic rings. The van der Waals surface area contributed by atoms with Gasteiger partial charge in [-0.1, -0.05) is 6.07 Å². The minimum atomic E-state index is 0.175. The Kier molecular flexibility index (Phi) is 3.73. The van der Waals surface area contributed by atoms with E-state index in [1.54, 1.807) is 0 Å². The number of hydrogen-bond acceptors (Lipinski definition) is 4. The van der Waals surface area contributed by atoms with Crippen molar-refractivity contribution in [2.45, 2.75) is 25.0 Å². The van der Waals surface area contributed by atoms with Gasteiger partial charge in [0.05, 0.1) is 6.61 Å². The van der Waals surface area contributed by atoms with Crippen molar-refractivity contribution in [1.82, 2.24) is 4.90 Å². The minimum Gasteiger partial charge on any atom is -0.491 e. The second-order valence-electron chi connectivity index (χ2n) is 5.57. The van der Waals surface area contributed by atoms with E-state index in [0.717, 1.165) is 38.3 Å². The van der Waals surface area contributed by atoms with Gasteiger partial charge in [0.25, 0.3) is 0 Å². The summed E-state index contributed by atoms with van der Waals surface area (Å²) in [6.07, 6.45) is 2.29. The number of nitrogens with two attached hydrogens (primary N) is 1. The molecule has 0 aromatic heterocycles. The van der Waals surface area contributed by atoms with Crippen molar-refractivity contribution >= 4 is 0 Å². The van der Waals surface area contributed by atoms with Gasteiger partial charge in [-0.3, -0.25) is 0 Å². The largest absolute Gasteiger partial charge is 0.491 e. The Balaban J connectivity index is 1.58. The lowest BCUT2D eigenvalue weighted by Gasteiger charge is -2.29. The van der Waals surface area contributed by atoms with Crippen molar-refractivity contribution in [1.29, 1.82) is 0 Å².